The second kappa shape index (κ2) is 2.99. The molecular weight excluding hydrogens is 182 g/mol. The van der Waals surface area contributed by atoms with E-state index in [1.54, 1.807) is 0 Å². The molecule has 3 aromatic carbocycles. The van der Waals surface area contributed by atoms with Crippen molar-refractivity contribution in [3.8, 4) is 0 Å². The van der Waals surface area contributed by atoms with Gasteiger partial charge < -0.3 is 5.73 Å². The van der Waals surface area contributed by atoms with Crippen LogP contribution in [0.25, 0.3) is 21.5 Å². The van der Waals surface area contributed by atoms with Crippen LogP contribution in [0.15, 0.2) is 54.6 Å². The SMILES string of the molecule is Nc1c2ccccc2cc2ccccc12. The molecule has 2 N–H and O–H groups in total. The molecule has 0 amide bonds. The summed E-state index contributed by atoms with van der Waals surface area (Å²) in [5.41, 5.74) is 7.03. The summed E-state index contributed by atoms with van der Waals surface area (Å²) in [5.74, 6) is 0. The zero-order valence-corrected chi connectivity index (χ0v) is 8.27. The van der Waals surface area contributed by atoms with Crippen molar-refractivity contribution >= 4 is 27.2 Å². The molecule has 1 nitrogen and oxygen atoms in total. The van der Waals surface area contributed by atoms with Crippen LogP contribution in [0.2, 0.25) is 0 Å². The van der Waals surface area contributed by atoms with Crippen molar-refractivity contribution < 1.29 is 0 Å². The quantitative estimate of drug-likeness (QED) is 0.428. The first-order valence-corrected chi connectivity index (χ1v) is 5.02. The van der Waals surface area contributed by atoms with Gasteiger partial charge in [0.1, 0.15) is 0 Å². The molecule has 0 aliphatic carbocycles. The van der Waals surface area contributed by atoms with E-state index in [1.165, 1.54) is 10.8 Å². The van der Waals surface area contributed by atoms with Crippen molar-refractivity contribution in [2.24, 2.45) is 0 Å². The Morgan fingerprint density at radius 3 is 1.67 bits per heavy atom. The fraction of sp³-hybridized carbons (Fsp3) is 0. The van der Waals surface area contributed by atoms with E-state index in [0.29, 0.717) is 0 Å². The highest BCUT2D eigenvalue weighted by Gasteiger charge is 2.02. The molecule has 0 radical (unpaired) electrons. The highest BCUT2D eigenvalue weighted by molar-refractivity contribution is 6.09. The van der Waals surface area contributed by atoms with E-state index in [9.17, 15) is 0 Å². The van der Waals surface area contributed by atoms with Gasteiger partial charge in [-0.15, -0.1) is 0 Å². The molecule has 15 heavy (non-hydrogen) atoms. The van der Waals surface area contributed by atoms with Crippen LogP contribution in [0.4, 0.5) is 5.69 Å². The first kappa shape index (κ1) is 8.30. The zero-order chi connectivity index (χ0) is 10.3. The number of rotatable bonds is 0. The maximum atomic E-state index is 6.15. The minimum atomic E-state index is 0.878. The van der Waals surface area contributed by atoms with Gasteiger partial charge >= 0.3 is 0 Å². The first-order chi connectivity index (χ1) is 7.36. The van der Waals surface area contributed by atoms with Crippen molar-refractivity contribution in [3.63, 3.8) is 0 Å². The third-order valence-corrected chi connectivity index (χ3v) is 2.81. The molecule has 0 fully saturated rings. The van der Waals surface area contributed by atoms with Gasteiger partial charge in [0.15, 0.2) is 0 Å². The summed E-state index contributed by atoms with van der Waals surface area (Å²) in [6.45, 7) is 0. The van der Waals surface area contributed by atoms with Gasteiger partial charge in [-0.2, -0.15) is 0 Å². The third-order valence-electron chi connectivity index (χ3n) is 2.81. The van der Waals surface area contributed by atoms with E-state index in [4.69, 9.17) is 5.73 Å². The van der Waals surface area contributed by atoms with Crippen LogP contribution >= 0.6 is 0 Å². The van der Waals surface area contributed by atoms with Crippen LogP contribution in [0.1, 0.15) is 0 Å². The molecule has 0 bridgehead atoms. The topological polar surface area (TPSA) is 26.0 Å². The Hall–Kier alpha value is -2.02. The van der Waals surface area contributed by atoms with Crippen molar-refractivity contribution in [3.05, 3.63) is 54.6 Å². The molecule has 3 aromatic rings. The first-order valence-electron chi connectivity index (χ1n) is 5.02. The molecule has 3 rings (SSSR count). The van der Waals surface area contributed by atoms with Crippen LogP contribution in [-0.4, -0.2) is 0 Å². The molecule has 0 aliphatic heterocycles. The second-order valence-corrected chi connectivity index (χ2v) is 3.73. The summed E-state index contributed by atoms with van der Waals surface area (Å²) in [5, 5.41) is 4.68. The fourth-order valence-electron chi connectivity index (χ4n) is 2.05. The van der Waals surface area contributed by atoms with Crippen molar-refractivity contribution in [1.29, 1.82) is 0 Å². The maximum absolute atomic E-state index is 6.15. The third kappa shape index (κ3) is 1.17. The lowest BCUT2D eigenvalue weighted by atomic mass is 10.0. The smallest absolute Gasteiger partial charge is 0.0473 e. The highest BCUT2D eigenvalue weighted by Crippen LogP contribution is 2.29. The number of nitrogens with two attached hydrogens (primary N) is 1. The lowest BCUT2D eigenvalue weighted by Gasteiger charge is -2.06. The van der Waals surface area contributed by atoms with E-state index in [2.05, 4.69) is 30.3 Å². The number of nitrogen functional groups attached to an aromatic ring is 1. The minimum absolute atomic E-state index is 0.878. The summed E-state index contributed by atoms with van der Waals surface area (Å²) in [7, 11) is 0. The van der Waals surface area contributed by atoms with Crippen LogP contribution in [0.3, 0.4) is 0 Å². The van der Waals surface area contributed by atoms with E-state index in [0.717, 1.165) is 16.5 Å². The van der Waals surface area contributed by atoms with Gasteiger partial charge in [0.05, 0.1) is 0 Å². The predicted octanol–water partition coefficient (Wildman–Crippen LogP) is 3.58. The van der Waals surface area contributed by atoms with E-state index < -0.39 is 0 Å². The van der Waals surface area contributed by atoms with Crippen molar-refractivity contribution in [2.45, 2.75) is 0 Å². The van der Waals surface area contributed by atoms with Gasteiger partial charge in [0, 0.05) is 16.5 Å². The number of anilines is 1. The molecule has 72 valence electrons. The molecule has 0 heterocycles. The van der Waals surface area contributed by atoms with Crippen LogP contribution < -0.4 is 5.73 Å². The molecule has 0 aliphatic rings. The zero-order valence-electron chi connectivity index (χ0n) is 8.27. The summed E-state index contributed by atoms with van der Waals surface area (Å²) < 4.78 is 0. The molecule has 0 aromatic heterocycles. The van der Waals surface area contributed by atoms with Gasteiger partial charge in [-0.3, -0.25) is 0 Å². The predicted molar refractivity (Wildman–Crippen MR) is 65.9 cm³/mol. The van der Waals surface area contributed by atoms with Gasteiger partial charge in [-0.05, 0) is 16.8 Å². The summed E-state index contributed by atoms with van der Waals surface area (Å²) >= 11 is 0. The number of benzene rings is 3. The summed E-state index contributed by atoms with van der Waals surface area (Å²) in [6.07, 6.45) is 0. The van der Waals surface area contributed by atoms with Crippen molar-refractivity contribution in [1.82, 2.24) is 0 Å². The average Bonchev–Trinajstić information content (AvgIpc) is 2.30. The van der Waals surface area contributed by atoms with E-state index in [1.807, 2.05) is 24.3 Å². The monoisotopic (exact) mass is 193 g/mol. The molecule has 0 spiro atoms. The molecule has 1 heteroatoms. The molecule has 0 saturated carbocycles. The fourth-order valence-corrected chi connectivity index (χ4v) is 2.05. The Bertz CT molecular complexity index is 587. The van der Waals surface area contributed by atoms with Crippen LogP contribution in [0, 0.1) is 0 Å². The highest BCUT2D eigenvalue weighted by atomic mass is 14.6. The average molecular weight is 193 g/mol. The Balaban J connectivity index is 2.60. The van der Waals surface area contributed by atoms with Gasteiger partial charge in [-0.25, -0.2) is 0 Å². The number of fused-ring (bicyclic) bond motifs is 2. The second-order valence-electron chi connectivity index (χ2n) is 3.73. The molecular formula is C14H11N. The largest absolute Gasteiger partial charge is 0.398 e. The van der Waals surface area contributed by atoms with Crippen LogP contribution in [0.5, 0.6) is 0 Å². The maximum Gasteiger partial charge on any atom is 0.0473 e. The van der Waals surface area contributed by atoms with Crippen molar-refractivity contribution in [2.75, 3.05) is 5.73 Å². The summed E-state index contributed by atoms with van der Waals surface area (Å²) in [4.78, 5) is 0. The lowest BCUT2D eigenvalue weighted by Crippen LogP contribution is -1.88. The Morgan fingerprint density at radius 1 is 0.667 bits per heavy atom. The van der Waals surface area contributed by atoms with Gasteiger partial charge in [0.2, 0.25) is 0 Å². The lowest BCUT2D eigenvalue weighted by molar-refractivity contribution is 1.75. The van der Waals surface area contributed by atoms with Crippen LogP contribution in [-0.2, 0) is 0 Å². The normalized spacial score (nSPS) is 10.9. The van der Waals surface area contributed by atoms with Gasteiger partial charge in [-0.1, -0.05) is 48.5 Å². The molecule has 0 atom stereocenters. The Labute approximate surface area is 88.1 Å². The number of hydrogen-bond acceptors (Lipinski definition) is 1. The molecule has 0 saturated heterocycles. The van der Waals surface area contributed by atoms with E-state index >= 15 is 0 Å². The minimum Gasteiger partial charge on any atom is -0.398 e. The van der Waals surface area contributed by atoms with E-state index in [-0.39, 0.29) is 0 Å². The van der Waals surface area contributed by atoms with Gasteiger partial charge in [0.25, 0.3) is 0 Å². The number of hydrogen-bond donors (Lipinski definition) is 1. The Morgan fingerprint density at radius 2 is 1.13 bits per heavy atom. The summed E-state index contributed by atoms with van der Waals surface area (Å²) in [6, 6.07) is 18.6. The standard InChI is InChI=1S/C14H11N/c15-14-12-7-3-1-5-10(12)9-11-6-2-4-8-13(11)14/h1-9H,15H2. The molecule has 0 unspecified atom stereocenters. The Kier molecular flexibility index (Phi) is 1.65.